The highest BCUT2D eigenvalue weighted by Crippen LogP contribution is 2.32. The minimum absolute atomic E-state index is 0.0264. The van der Waals surface area contributed by atoms with E-state index in [1.54, 1.807) is 6.07 Å². The van der Waals surface area contributed by atoms with Gasteiger partial charge in [-0.05, 0) is 47.9 Å². The summed E-state index contributed by atoms with van der Waals surface area (Å²) in [6.45, 7) is 3.44. The number of amides is 1. The first-order chi connectivity index (χ1) is 13.7. The Hall–Kier alpha value is -2.45. The number of hydrogen-bond donors (Lipinski definition) is 1. The zero-order chi connectivity index (χ0) is 20.8. The van der Waals surface area contributed by atoms with Gasteiger partial charge in [0, 0.05) is 31.2 Å². The van der Waals surface area contributed by atoms with Gasteiger partial charge in [-0.2, -0.15) is 13.2 Å². The number of benzene rings is 2. The third-order valence-corrected chi connectivity index (χ3v) is 5.42. The predicted octanol–water partition coefficient (Wildman–Crippen LogP) is 4.05. The Kier molecular flexibility index (Phi) is 5.08. The van der Waals surface area contributed by atoms with E-state index < -0.39 is 17.6 Å². The SMILES string of the molecule is CC1COC(c2ccc3c(c2)CNC3=O)CN1Cc1cc(F)cc(C(F)(F)F)c1. The van der Waals surface area contributed by atoms with Crippen LogP contribution in [-0.2, 0) is 24.0 Å². The normalized spacial score (nSPS) is 22.4. The van der Waals surface area contributed by atoms with Gasteiger partial charge in [-0.1, -0.05) is 12.1 Å². The first kappa shape index (κ1) is 19.8. The zero-order valence-electron chi connectivity index (χ0n) is 15.7. The van der Waals surface area contributed by atoms with Gasteiger partial charge in [0.25, 0.3) is 5.91 Å². The van der Waals surface area contributed by atoms with E-state index in [1.165, 1.54) is 0 Å². The summed E-state index contributed by atoms with van der Waals surface area (Å²) in [6.07, 6.45) is -4.87. The Bertz CT molecular complexity index is 945. The molecule has 2 unspecified atom stereocenters. The van der Waals surface area contributed by atoms with Gasteiger partial charge in [-0.3, -0.25) is 9.69 Å². The van der Waals surface area contributed by atoms with Crippen molar-refractivity contribution in [3.63, 3.8) is 0 Å². The molecule has 4 rings (SSSR count). The zero-order valence-corrected chi connectivity index (χ0v) is 15.7. The number of halogens is 4. The van der Waals surface area contributed by atoms with Crippen molar-refractivity contribution in [2.24, 2.45) is 0 Å². The molecule has 0 radical (unpaired) electrons. The lowest BCUT2D eigenvalue weighted by Crippen LogP contribution is -2.44. The molecule has 1 N–H and O–H groups in total. The fraction of sp³-hybridized carbons (Fsp3) is 0.381. The number of nitrogens with zero attached hydrogens (tertiary/aromatic N) is 1. The van der Waals surface area contributed by atoms with Gasteiger partial charge in [0.1, 0.15) is 5.82 Å². The van der Waals surface area contributed by atoms with Crippen molar-refractivity contribution >= 4 is 5.91 Å². The number of fused-ring (bicyclic) bond motifs is 1. The number of carbonyl (C=O) groups excluding carboxylic acids is 1. The molecule has 0 aliphatic carbocycles. The van der Waals surface area contributed by atoms with Crippen LogP contribution in [0.3, 0.4) is 0 Å². The molecule has 2 atom stereocenters. The molecule has 1 fully saturated rings. The maximum atomic E-state index is 13.7. The van der Waals surface area contributed by atoms with Crippen LogP contribution in [0.4, 0.5) is 17.6 Å². The average molecular weight is 408 g/mol. The van der Waals surface area contributed by atoms with Gasteiger partial charge in [0.15, 0.2) is 0 Å². The Morgan fingerprint density at radius 1 is 1.21 bits per heavy atom. The molecule has 2 aliphatic rings. The summed E-state index contributed by atoms with van der Waals surface area (Å²) in [4.78, 5) is 13.7. The van der Waals surface area contributed by atoms with Gasteiger partial charge >= 0.3 is 6.18 Å². The highest BCUT2D eigenvalue weighted by atomic mass is 19.4. The number of nitrogens with one attached hydrogen (secondary N) is 1. The topological polar surface area (TPSA) is 41.6 Å². The molecule has 1 saturated heterocycles. The predicted molar refractivity (Wildman–Crippen MR) is 97.6 cm³/mol. The molecule has 0 saturated carbocycles. The monoisotopic (exact) mass is 408 g/mol. The second-order valence-corrected chi connectivity index (χ2v) is 7.55. The molecule has 2 aromatic rings. The third-order valence-electron chi connectivity index (χ3n) is 5.42. The van der Waals surface area contributed by atoms with Crippen molar-refractivity contribution in [3.05, 3.63) is 70.0 Å². The molecule has 2 heterocycles. The fourth-order valence-corrected chi connectivity index (χ4v) is 3.82. The highest BCUT2D eigenvalue weighted by Gasteiger charge is 2.33. The smallest absolute Gasteiger partial charge is 0.371 e. The Morgan fingerprint density at radius 2 is 2.00 bits per heavy atom. The van der Waals surface area contributed by atoms with E-state index in [0.29, 0.717) is 31.3 Å². The van der Waals surface area contributed by atoms with Crippen LogP contribution in [0.5, 0.6) is 0 Å². The van der Waals surface area contributed by atoms with Crippen molar-refractivity contribution in [1.29, 1.82) is 0 Å². The maximum absolute atomic E-state index is 13.7. The summed E-state index contributed by atoms with van der Waals surface area (Å²) in [5.74, 6) is -0.999. The summed E-state index contributed by atoms with van der Waals surface area (Å²) in [5, 5.41) is 2.77. The second kappa shape index (κ2) is 7.42. The Balaban J connectivity index is 1.53. The number of hydrogen-bond acceptors (Lipinski definition) is 3. The standard InChI is InChI=1S/C21H20F4N2O2/c1-12-11-29-19(14-2-3-18-15(6-14)8-26-20(18)28)10-27(12)9-13-4-16(21(23,24)25)7-17(22)5-13/h2-7,12,19H,8-11H2,1H3,(H,26,28). The van der Waals surface area contributed by atoms with Crippen LogP contribution in [0, 0.1) is 5.82 Å². The van der Waals surface area contributed by atoms with Gasteiger partial charge in [-0.25, -0.2) is 4.39 Å². The van der Waals surface area contributed by atoms with Gasteiger partial charge < -0.3 is 10.1 Å². The quantitative estimate of drug-likeness (QED) is 0.780. The third kappa shape index (κ3) is 4.13. The average Bonchev–Trinajstić information content (AvgIpc) is 3.03. The van der Waals surface area contributed by atoms with E-state index in [0.717, 1.165) is 23.3 Å². The molecular formula is C21H20F4N2O2. The Labute approximate surface area is 165 Å². The Morgan fingerprint density at radius 3 is 2.76 bits per heavy atom. The second-order valence-electron chi connectivity index (χ2n) is 7.55. The van der Waals surface area contributed by atoms with E-state index in [-0.39, 0.29) is 30.2 Å². The maximum Gasteiger partial charge on any atom is 0.416 e. The molecule has 1 amide bonds. The summed E-state index contributed by atoms with van der Waals surface area (Å²) in [7, 11) is 0. The van der Waals surface area contributed by atoms with Crippen LogP contribution in [0.1, 0.15) is 45.6 Å². The van der Waals surface area contributed by atoms with Crippen molar-refractivity contribution in [1.82, 2.24) is 10.2 Å². The minimum Gasteiger partial charge on any atom is -0.371 e. The number of rotatable bonds is 3. The van der Waals surface area contributed by atoms with E-state index in [1.807, 2.05) is 24.0 Å². The largest absolute Gasteiger partial charge is 0.416 e. The molecule has 2 aromatic carbocycles. The van der Waals surface area contributed by atoms with Gasteiger partial charge in [0.2, 0.25) is 0 Å². The van der Waals surface area contributed by atoms with Crippen LogP contribution < -0.4 is 5.32 Å². The molecule has 0 bridgehead atoms. The van der Waals surface area contributed by atoms with Gasteiger partial charge in [-0.15, -0.1) is 0 Å². The highest BCUT2D eigenvalue weighted by molar-refractivity contribution is 5.98. The van der Waals surface area contributed by atoms with E-state index >= 15 is 0 Å². The fourth-order valence-electron chi connectivity index (χ4n) is 3.82. The molecule has 8 heteroatoms. The van der Waals surface area contributed by atoms with Crippen molar-refractivity contribution in [2.75, 3.05) is 13.2 Å². The number of alkyl halides is 3. The van der Waals surface area contributed by atoms with Crippen molar-refractivity contribution < 1.29 is 27.1 Å². The van der Waals surface area contributed by atoms with Crippen LogP contribution in [0.15, 0.2) is 36.4 Å². The molecule has 154 valence electrons. The number of morpholine rings is 1. The lowest BCUT2D eigenvalue weighted by molar-refractivity contribution is -0.137. The van der Waals surface area contributed by atoms with Crippen molar-refractivity contribution in [2.45, 2.75) is 38.3 Å². The minimum atomic E-state index is -4.59. The molecule has 29 heavy (non-hydrogen) atoms. The van der Waals surface area contributed by atoms with Crippen LogP contribution in [0.2, 0.25) is 0 Å². The summed E-state index contributed by atoms with van der Waals surface area (Å²) >= 11 is 0. The molecular weight excluding hydrogens is 388 g/mol. The first-order valence-electron chi connectivity index (χ1n) is 9.34. The lowest BCUT2D eigenvalue weighted by Gasteiger charge is -2.38. The van der Waals surface area contributed by atoms with E-state index in [4.69, 9.17) is 4.74 Å². The number of carbonyl (C=O) groups is 1. The van der Waals surface area contributed by atoms with Crippen molar-refractivity contribution in [3.8, 4) is 0 Å². The summed E-state index contributed by atoms with van der Waals surface area (Å²) in [6, 6.07) is 8.14. The lowest BCUT2D eigenvalue weighted by atomic mass is 10.00. The van der Waals surface area contributed by atoms with E-state index in [9.17, 15) is 22.4 Å². The molecule has 2 aliphatic heterocycles. The summed E-state index contributed by atoms with van der Waals surface area (Å²) < 4.78 is 58.6. The molecule has 4 nitrogen and oxygen atoms in total. The number of ether oxygens (including phenoxy) is 1. The van der Waals surface area contributed by atoms with Gasteiger partial charge in [0.05, 0.1) is 18.3 Å². The van der Waals surface area contributed by atoms with Crippen LogP contribution >= 0.6 is 0 Å². The van der Waals surface area contributed by atoms with Crippen LogP contribution in [-0.4, -0.2) is 30.0 Å². The van der Waals surface area contributed by atoms with Crippen LogP contribution in [0.25, 0.3) is 0 Å². The molecule has 0 aromatic heterocycles. The van der Waals surface area contributed by atoms with E-state index in [2.05, 4.69) is 5.32 Å². The first-order valence-corrected chi connectivity index (χ1v) is 9.34. The summed E-state index contributed by atoms with van der Waals surface area (Å²) in [5.41, 5.74) is 1.75. The molecule has 0 spiro atoms.